The monoisotopic (exact) mass is 354 g/mol. The molecule has 0 unspecified atom stereocenters. The predicted molar refractivity (Wildman–Crippen MR) is 102 cm³/mol. The van der Waals surface area contributed by atoms with Crippen molar-refractivity contribution in [2.24, 2.45) is 5.92 Å². The van der Waals surface area contributed by atoms with Crippen molar-refractivity contribution in [3.8, 4) is 0 Å². The van der Waals surface area contributed by atoms with Gasteiger partial charge in [0.15, 0.2) is 0 Å². The predicted octanol–water partition coefficient (Wildman–Crippen LogP) is 3.64. The van der Waals surface area contributed by atoms with Crippen molar-refractivity contribution in [3.05, 3.63) is 65.7 Å². The van der Waals surface area contributed by atoms with E-state index in [9.17, 15) is 9.90 Å². The molecule has 2 N–H and O–H groups in total. The summed E-state index contributed by atoms with van der Waals surface area (Å²) in [5.41, 5.74) is 2.91. The number of carbonyl (C=O) groups is 1. The molecule has 1 amide bonds. The van der Waals surface area contributed by atoms with Crippen molar-refractivity contribution >= 4 is 11.8 Å². The second-order valence-corrected chi connectivity index (χ2v) is 6.79. The zero-order chi connectivity index (χ0) is 18.2. The fraction of sp³-hybridized carbons (Fsp3) is 0.381. The van der Waals surface area contributed by atoms with Crippen molar-refractivity contribution < 1.29 is 14.6 Å². The summed E-state index contributed by atoms with van der Waals surface area (Å²) in [5.74, 6) is 0.458. The van der Waals surface area contributed by atoms with Gasteiger partial charge in [-0.25, -0.2) is 4.79 Å². The van der Waals surface area contributed by atoms with E-state index in [1.54, 1.807) is 0 Å². The van der Waals surface area contributed by atoms with Gasteiger partial charge in [-0.2, -0.15) is 0 Å². The highest BCUT2D eigenvalue weighted by Gasteiger charge is 2.18. The summed E-state index contributed by atoms with van der Waals surface area (Å²) in [6.07, 6.45) is 1.67. The van der Waals surface area contributed by atoms with Crippen LogP contribution in [0.25, 0.3) is 0 Å². The minimum absolute atomic E-state index is 0.258. The lowest BCUT2D eigenvalue weighted by Crippen LogP contribution is -2.34. The van der Waals surface area contributed by atoms with Crippen molar-refractivity contribution in [2.75, 3.05) is 25.0 Å². The van der Waals surface area contributed by atoms with Gasteiger partial charge in [-0.1, -0.05) is 42.5 Å². The lowest BCUT2D eigenvalue weighted by molar-refractivity contribution is 0.127. The number of likely N-dealkylation sites (tertiary alicyclic amines) is 1. The van der Waals surface area contributed by atoms with Gasteiger partial charge in [0.05, 0.1) is 0 Å². The van der Waals surface area contributed by atoms with E-state index in [1.165, 1.54) is 5.56 Å². The highest BCUT2D eigenvalue weighted by molar-refractivity contribution is 5.84. The molecule has 5 nitrogen and oxygen atoms in total. The smallest absolute Gasteiger partial charge is 0.411 e. The fourth-order valence-corrected chi connectivity index (χ4v) is 3.16. The molecular weight excluding hydrogens is 328 g/mol. The number of aliphatic hydroxyl groups excluding tert-OH is 1. The normalized spacial score (nSPS) is 15.6. The standard InChI is InChI=1S/C21H26N2O3/c24-15-18-10-12-23(13-11-18)14-17-6-8-20(9-7-17)22-21(25)26-16-19-4-2-1-3-5-19/h1-9,18,24H,10-16H2,(H,22,25). The molecule has 1 fully saturated rings. The molecule has 0 spiro atoms. The van der Waals surface area contributed by atoms with E-state index in [4.69, 9.17) is 4.74 Å². The third-order valence-corrected chi connectivity index (χ3v) is 4.78. The largest absolute Gasteiger partial charge is 0.444 e. The molecule has 5 heteroatoms. The van der Waals surface area contributed by atoms with E-state index in [1.807, 2.05) is 54.6 Å². The van der Waals surface area contributed by atoms with Gasteiger partial charge in [0.1, 0.15) is 6.61 Å². The van der Waals surface area contributed by atoms with E-state index in [0.29, 0.717) is 12.5 Å². The Bertz CT molecular complexity index is 680. The summed E-state index contributed by atoms with van der Waals surface area (Å²) in [6, 6.07) is 17.5. The number of amides is 1. The van der Waals surface area contributed by atoms with Crippen molar-refractivity contribution in [2.45, 2.75) is 26.0 Å². The molecule has 0 radical (unpaired) electrons. The lowest BCUT2D eigenvalue weighted by atomic mass is 9.97. The number of aliphatic hydroxyl groups is 1. The molecular formula is C21H26N2O3. The molecule has 0 saturated carbocycles. The molecule has 1 heterocycles. The molecule has 0 aromatic heterocycles. The van der Waals surface area contributed by atoms with Crippen LogP contribution in [0, 0.1) is 5.92 Å². The first-order valence-corrected chi connectivity index (χ1v) is 9.13. The summed E-state index contributed by atoms with van der Waals surface area (Å²) in [6.45, 7) is 3.51. The third-order valence-electron chi connectivity index (χ3n) is 4.78. The topological polar surface area (TPSA) is 61.8 Å². The summed E-state index contributed by atoms with van der Waals surface area (Å²) >= 11 is 0. The summed E-state index contributed by atoms with van der Waals surface area (Å²) < 4.78 is 5.23. The summed E-state index contributed by atoms with van der Waals surface area (Å²) in [5, 5.41) is 12.0. The first-order valence-electron chi connectivity index (χ1n) is 9.13. The maximum absolute atomic E-state index is 11.9. The number of hydrogen-bond donors (Lipinski definition) is 2. The number of ether oxygens (including phenoxy) is 1. The molecule has 1 aliphatic rings. The summed E-state index contributed by atoms with van der Waals surface area (Å²) in [7, 11) is 0. The first-order chi connectivity index (χ1) is 12.7. The number of anilines is 1. The molecule has 0 atom stereocenters. The average molecular weight is 354 g/mol. The molecule has 1 saturated heterocycles. The van der Waals surface area contributed by atoms with Crippen LogP contribution in [0.5, 0.6) is 0 Å². The van der Waals surface area contributed by atoms with Gasteiger partial charge in [-0.3, -0.25) is 10.2 Å². The number of rotatable bonds is 6. The fourth-order valence-electron chi connectivity index (χ4n) is 3.16. The van der Waals surface area contributed by atoms with Gasteiger partial charge in [0.2, 0.25) is 0 Å². The van der Waals surface area contributed by atoms with Gasteiger partial charge in [-0.15, -0.1) is 0 Å². The Balaban J connectivity index is 1.43. The SMILES string of the molecule is O=C(Nc1ccc(CN2CCC(CO)CC2)cc1)OCc1ccccc1. The van der Waals surface area contributed by atoms with Crippen molar-refractivity contribution in [1.29, 1.82) is 0 Å². The highest BCUT2D eigenvalue weighted by Crippen LogP contribution is 2.19. The van der Waals surface area contributed by atoms with E-state index >= 15 is 0 Å². The van der Waals surface area contributed by atoms with Crippen LogP contribution in [-0.4, -0.2) is 35.8 Å². The molecule has 0 bridgehead atoms. The molecule has 3 rings (SSSR count). The van der Waals surface area contributed by atoms with Crippen LogP contribution in [0.4, 0.5) is 10.5 Å². The van der Waals surface area contributed by atoms with Crippen LogP contribution >= 0.6 is 0 Å². The summed E-state index contributed by atoms with van der Waals surface area (Å²) in [4.78, 5) is 14.3. The Hall–Kier alpha value is -2.37. The van der Waals surface area contributed by atoms with Crippen LogP contribution in [0.1, 0.15) is 24.0 Å². The van der Waals surface area contributed by atoms with Gasteiger partial charge < -0.3 is 9.84 Å². The van der Waals surface area contributed by atoms with E-state index in [-0.39, 0.29) is 6.61 Å². The Morgan fingerprint density at radius 1 is 1.04 bits per heavy atom. The average Bonchev–Trinajstić information content (AvgIpc) is 2.69. The van der Waals surface area contributed by atoms with E-state index in [2.05, 4.69) is 10.2 Å². The molecule has 1 aliphatic heterocycles. The van der Waals surface area contributed by atoms with Gasteiger partial charge >= 0.3 is 6.09 Å². The number of nitrogens with one attached hydrogen (secondary N) is 1. The number of nitrogens with zero attached hydrogens (tertiary/aromatic N) is 1. The van der Waals surface area contributed by atoms with Gasteiger partial charge in [0.25, 0.3) is 0 Å². The molecule has 26 heavy (non-hydrogen) atoms. The lowest BCUT2D eigenvalue weighted by Gasteiger charge is -2.31. The van der Waals surface area contributed by atoms with Crippen molar-refractivity contribution in [3.63, 3.8) is 0 Å². The van der Waals surface area contributed by atoms with Crippen molar-refractivity contribution in [1.82, 2.24) is 4.90 Å². The Kier molecular flexibility index (Phi) is 6.63. The maximum Gasteiger partial charge on any atom is 0.411 e. The third kappa shape index (κ3) is 5.58. The Labute approximate surface area is 154 Å². The molecule has 138 valence electrons. The highest BCUT2D eigenvalue weighted by atomic mass is 16.5. The molecule has 2 aromatic rings. The number of piperidine rings is 1. The van der Waals surface area contributed by atoms with E-state index < -0.39 is 6.09 Å². The van der Waals surface area contributed by atoms with Crippen LogP contribution in [-0.2, 0) is 17.9 Å². The van der Waals surface area contributed by atoms with Crippen LogP contribution < -0.4 is 5.32 Å². The molecule has 2 aromatic carbocycles. The quantitative estimate of drug-likeness (QED) is 0.831. The van der Waals surface area contributed by atoms with E-state index in [0.717, 1.165) is 43.7 Å². The molecule has 0 aliphatic carbocycles. The van der Waals surface area contributed by atoms with Crippen LogP contribution in [0.2, 0.25) is 0 Å². The maximum atomic E-state index is 11.9. The second kappa shape index (κ2) is 9.36. The first kappa shape index (κ1) is 18.4. The zero-order valence-corrected chi connectivity index (χ0v) is 14.9. The van der Waals surface area contributed by atoms with Crippen LogP contribution in [0.3, 0.4) is 0 Å². The minimum atomic E-state index is -0.451. The van der Waals surface area contributed by atoms with Crippen LogP contribution in [0.15, 0.2) is 54.6 Å². The number of benzene rings is 2. The minimum Gasteiger partial charge on any atom is -0.444 e. The second-order valence-electron chi connectivity index (χ2n) is 6.79. The number of carbonyl (C=O) groups excluding carboxylic acids is 1. The zero-order valence-electron chi connectivity index (χ0n) is 14.9. The Morgan fingerprint density at radius 3 is 2.38 bits per heavy atom. The van der Waals surface area contributed by atoms with Gasteiger partial charge in [-0.05, 0) is 55.1 Å². The van der Waals surface area contributed by atoms with Gasteiger partial charge in [0, 0.05) is 18.8 Å². The Morgan fingerprint density at radius 2 is 1.73 bits per heavy atom. The number of hydrogen-bond acceptors (Lipinski definition) is 4.